The van der Waals surface area contributed by atoms with Crippen molar-refractivity contribution >= 4 is 38.8 Å². The Balaban J connectivity index is 1.32. The fourth-order valence-electron chi connectivity index (χ4n) is 3.99. The van der Waals surface area contributed by atoms with Gasteiger partial charge < -0.3 is 5.32 Å². The number of nitrogens with zero attached hydrogens (tertiary/aromatic N) is 4. The molecule has 0 spiro atoms. The largest absolute Gasteiger partial charge is 0.346 e. The molecular weight excluding hydrogens is 442 g/mol. The van der Waals surface area contributed by atoms with Crippen molar-refractivity contribution in [1.29, 1.82) is 0 Å². The predicted molar refractivity (Wildman–Crippen MR) is 126 cm³/mol. The van der Waals surface area contributed by atoms with E-state index in [1.807, 2.05) is 31.2 Å². The first-order valence-electron chi connectivity index (χ1n) is 10.7. The Bertz CT molecular complexity index is 1340. The topological polar surface area (TPSA) is 89.8 Å². The molecule has 1 aliphatic carbocycles. The van der Waals surface area contributed by atoms with Crippen molar-refractivity contribution < 1.29 is 4.79 Å². The molecule has 32 heavy (non-hydrogen) atoms. The number of carbonyl (C=O) groups is 1. The molecular formula is C23H23N5O2S2. The lowest BCUT2D eigenvalue weighted by atomic mass is 10.1. The second kappa shape index (κ2) is 8.91. The van der Waals surface area contributed by atoms with Gasteiger partial charge in [-0.3, -0.25) is 14.2 Å². The Kier molecular flexibility index (Phi) is 5.84. The van der Waals surface area contributed by atoms with Crippen molar-refractivity contribution in [2.24, 2.45) is 0 Å². The molecule has 1 aromatic carbocycles. The number of fused-ring (bicyclic) bond motifs is 3. The third-order valence-corrected chi connectivity index (χ3v) is 7.84. The fourth-order valence-corrected chi connectivity index (χ4v) is 5.96. The van der Waals surface area contributed by atoms with Crippen LogP contribution in [0.4, 0.5) is 0 Å². The molecule has 5 rings (SSSR count). The van der Waals surface area contributed by atoms with Crippen LogP contribution in [-0.2, 0) is 25.9 Å². The van der Waals surface area contributed by atoms with Gasteiger partial charge in [0.1, 0.15) is 9.84 Å². The maximum atomic E-state index is 13.2. The Morgan fingerprint density at radius 2 is 1.91 bits per heavy atom. The molecule has 0 radical (unpaired) electrons. The Morgan fingerprint density at radius 3 is 2.75 bits per heavy atom. The molecule has 0 fully saturated rings. The second-order valence-corrected chi connectivity index (χ2v) is 10.2. The summed E-state index contributed by atoms with van der Waals surface area (Å²) in [6, 6.07) is 8.00. The molecule has 0 aliphatic heterocycles. The highest BCUT2D eigenvalue weighted by Crippen LogP contribution is 2.32. The number of aromatic nitrogens is 4. The number of aryl methyl sites for hydroxylation is 3. The lowest BCUT2D eigenvalue weighted by molar-refractivity contribution is 0.0950. The average molecular weight is 466 g/mol. The van der Waals surface area contributed by atoms with Gasteiger partial charge in [0.2, 0.25) is 5.01 Å². The maximum Gasteiger partial charge on any atom is 0.282 e. The van der Waals surface area contributed by atoms with E-state index in [4.69, 9.17) is 0 Å². The van der Waals surface area contributed by atoms with E-state index in [1.54, 1.807) is 22.2 Å². The molecule has 0 atom stereocenters. The fraction of sp³-hybridized carbons (Fsp3) is 0.348. The van der Waals surface area contributed by atoms with Gasteiger partial charge in [0.25, 0.3) is 11.5 Å². The van der Waals surface area contributed by atoms with Gasteiger partial charge in [0, 0.05) is 11.4 Å². The van der Waals surface area contributed by atoms with Gasteiger partial charge in [-0.05, 0) is 43.7 Å². The molecule has 0 bridgehead atoms. The van der Waals surface area contributed by atoms with Crippen molar-refractivity contribution in [3.05, 3.63) is 72.5 Å². The summed E-state index contributed by atoms with van der Waals surface area (Å²) in [5.41, 5.74) is 3.35. The number of nitrogens with one attached hydrogen (secondary N) is 1. The first-order valence-corrected chi connectivity index (χ1v) is 12.4. The summed E-state index contributed by atoms with van der Waals surface area (Å²) >= 11 is 2.85. The van der Waals surface area contributed by atoms with Crippen LogP contribution in [0.15, 0.2) is 35.4 Å². The Morgan fingerprint density at radius 1 is 1.09 bits per heavy atom. The number of hydrogen-bond donors (Lipinski definition) is 1. The zero-order chi connectivity index (χ0) is 22.1. The first kappa shape index (κ1) is 21.0. The standard InChI is InChI=1S/C23H23N5O2S2/c1-14-7-9-15(10-8-14)11-24-20(29)22-27-26-18(32-22)12-28-13-25-21-19(23(28)30)16-5-3-2-4-6-17(16)31-21/h7-10,13H,2-6,11-12H2,1H3,(H,24,29). The van der Waals surface area contributed by atoms with E-state index >= 15 is 0 Å². The number of hydrogen-bond acceptors (Lipinski definition) is 7. The molecule has 3 heterocycles. The minimum Gasteiger partial charge on any atom is -0.346 e. The number of thiophene rings is 1. The van der Waals surface area contributed by atoms with E-state index in [1.165, 1.54) is 40.2 Å². The van der Waals surface area contributed by atoms with E-state index in [9.17, 15) is 9.59 Å². The molecule has 164 valence electrons. The summed E-state index contributed by atoms with van der Waals surface area (Å²) in [4.78, 5) is 32.4. The molecule has 0 saturated heterocycles. The summed E-state index contributed by atoms with van der Waals surface area (Å²) in [5, 5.41) is 12.7. The van der Waals surface area contributed by atoms with E-state index < -0.39 is 0 Å². The van der Waals surface area contributed by atoms with Gasteiger partial charge in [0.15, 0.2) is 0 Å². The van der Waals surface area contributed by atoms with Crippen LogP contribution in [0.5, 0.6) is 0 Å². The van der Waals surface area contributed by atoms with E-state index in [0.29, 0.717) is 16.6 Å². The summed E-state index contributed by atoms with van der Waals surface area (Å²) in [6.07, 6.45) is 7.06. The summed E-state index contributed by atoms with van der Waals surface area (Å²) in [6.45, 7) is 2.71. The van der Waals surface area contributed by atoms with Gasteiger partial charge in [-0.1, -0.05) is 47.6 Å². The smallest absolute Gasteiger partial charge is 0.282 e. The molecule has 1 N–H and O–H groups in total. The zero-order valence-corrected chi connectivity index (χ0v) is 19.4. The number of carbonyl (C=O) groups excluding carboxylic acids is 1. The van der Waals surface area contributed by atoms with Crippen LogP contribution >= 0.6 is 22.7 Å². The lowest BCUT2D eigenvalue weighted by Crippen LogP contribution is -2.22. The summed E-state index contributed by atoms with van der Waals surface area (Å²) in [5.74, 6) is -0.265. The third-order valence-electron chi connectivity index (χ3n) is 5.73. The molecule has 0 saturated carbocycles. The maximum absolute atomic E-state index is 13.2. The lowest BCUT2D eigenvalue weighted by Gasteiger charge is -2.04. The van der Waals surface area contributed by atoms with Gasteiger partial charge in [0.05, 0.1) is 18.3 Å². The van der Waals surface area contributed by atoms with Crippen LogP contribution in [0.2, 0.25) is 0 Å². The van der Waals surface area contributed by atoms with Gasteiger partial charge in [-0.25, -0.2) is 4.98 Å². The van der Waals surface area contributed by atoms with Gasteiger partial charge >= 0.3 is 0 Å². The molecule has 7 nitrogen and oxygen atoms in total. The van der Waals surface area contributed by atoms with E-state index in [2.05, 4.69) is 20.5 Å². The van der Waals surface area contributed by atoms with E-state index in [0.717, 1.165) is 35.0 Å². The molecule has 9 heteroatoms. The van der Waals surface area contributed by atoms with Gasteiger partial charge in [-0.2, -0.15) is 0 Å². The molecule has 1 amide bonds. The highest BCUT2D eigenvalue weighted by atomic mass is 32.1. The second-order valence-electron chi connectivity index (χ2n) is 8.09. The minimum absolute atomic E-state index is 0.0324. The van der Waals surface area contributed by atoms with Crippen LogP contribution in [0, 0.1) is 6.92 Å². The van der Waals surface area contributed by atoms with Crippen LogP contribution in [0.1, 0.15) is 55.6 Å². The van der Waals surface area contributed by atoms with Crippen molar-refractivity contribution in [2.45, 2.75) is 52.1 Å². The summed E-state index contributed by atoms with van der Waals surface area (Å²) in [7, 11) is 0. The number of rotatable bonds is 5. The molecule has 4 aromatic rings. The van der Waals surface area contributed by atoms with Crippen LogP contribution in [0.25, 0.3) is 10.2 Å². The SMILES string of the molecule is Cc1ccc(CNC(=O)c2nnc(Cn3cnc4sc5c(c4c3=O)CCCCC5)s2)cc1. The van der Waals surface area contributed by atoms with E-state index in [-0.39, 0.29) is 18.0 Å². The third kappa shape index (κ3) is 4.22. The minimum atomic E-state index is -0.265. The Hall–Kier alpha value is -2.91. The molecule has 1 aliphatic rings. The Labute approximate surface area is 193 Å². The van der Waals surface area contributed by atoms with Crippen molar-refractivity contribution in [3.63, 3.8) is 0 Å². The van der Waals surface area contributed by atoms with Crippen molar-refractivity contribution in [3.8, 4) is 0 Å². The van der Waals surface area contributed by atoms with Gasteiger partial charge in [-0.15, -0.1) is 21.5 Å². The molecule has 3 aromatic heterocycles. The normalized spacial score (nSPS) is 13.7. The van der Waals surface area contributed by atoms with Crippen LogP contribution in [-0.4, -0.2) is 25.7 Å². The number of amides is 1. The molecule has 0 unspecified atom stereocenters. The predicted octanol–water partition coefficient (Wildman–Crippen LogP) is 3.87. The van der Waals surface area contributed by atoms with Crippen LogP contribution in [0.3, 0.4) is 0 Å². The highest BCUT2D eigenvalue weighted by molar-refractivity contribution is 7.18. The van der Waals surface area contributed by atoms with Crippen molar-refractivity contribution in [2.75, 3.05) is 0 Å². The zero-order valence-electron chi connectivity index (χ0n) is 17.8. The number of benzene rings is 1. The highest BCUT2D eigenvalue weighted by Gasteiger charge is 2.20. The summed E-state index contributed by atoms with van der Waals surface area (Å²) < 4.78 is 1.58. The average Bonchev–Trinajstić information content (AvgIpc) is 3.33. The van der Waals surface area contributed by atoms with Crippen LogP contribution < -0.4 is 10.9 Å². The first-order chi connectivity index (χ1) is 15.6. The quantitative estimate of drug-likeness (QED) is 0.452. The van der Waals surface area contributed by atoms with Crippen molar-refractivity contribution in [1.82, 2.24) is 25.1 Å². The monoisotopic (exact) mass is 465 g/mol.